The zero-order chi connectivity index (χ0) is 24.4. The molecule has 3 aromatic carbocycles. The molecule has 0 fully saturated rings. The number of aliphatic hydroxyl groups excluding tert-OH is 1. The highest BCUT2D eigenvalue weighted by Crippen LogP contribution is 2.58. The van der Waals surface area contributed by atoms with Gasteiger partial charge < -0.3 is 33.5 Å². The molecule has 4 rings (SSSR count). The van der Waals surface area contributed by atoms with Gasteiger partial charge in [-0.05, 0) is 47.0 Å². The van der Waals surface area contributed by atoms with E-state index in [0.717, 1.165) is 22.3 Å². The molecule has 0 radical (unpaired) electrons. The lowest BCUT2D eigenvalue weighted by Crippen LogP contribution is -2.13. The molecule has 0 aliphatic heterocycles. The molecule has 1 aliphatic carbocycles. The minimum atomic E-state index is -0.825. The van der Waals surface area contributed by atoms with Crippen molar-refractivity contribution in [3.63, 3.8) is 0 Å². The highest BCUT2D eigenvalue weighted by molar-refractivity contribution is 5.61. The summed E-state index contributed by atoms with van der Waals surface area (Å²) < 4.78 is 33.3. The Kier molecular flexibility index (Phi) is 6.75. The van der Waals surface area contributed by atoms with E-state index < -0.39 is 6.10 Å². The van der Waals surface area contributed by atoms with Crippen molar-refractivity contribution in [1.29, 1.82) is 0 Å². The van der Waals surface area contributed by atoms with Crippen LogP contribution in [0.4, 0.5) is 0 Å². The van der Waals surface area contributed by atoms with Crippen LogP contribution in [0.2, 0.25) is 0 Å². The Morgan fingerprint density at radius 1 is 0.559 bits per heavy atom. The molecule has 7 nitrogen and oxygen atoms in total. The normalized spacial score (nSPS) is 18.7. The fraction of sp³-hybridized carbons (Fsp3) is 0.333. The van der Waals surface area contributed by atoms with Gasteiger partial charge in [-0.3, -0.25) is 0 Å². The number of hydrogen-bond acceptors (Lipinski definition) is 7. The van der Waals surface area contributed by atoms with Crippen molar-refractivity contribution in [3.8, 4) is 34.5 Å². The summed E-state index contributed by atoms with van der Waals surface area (Å²) in [7, 11) is 9.64. The van der Waals surface area contributed by atoms with Crippen molar-refractivity contribution in [3.05, 3.63) is 70.8 Å². The van der Waals surface area contributed by atoms with Gasteiger partial charge in [-0.15, -0.1) is 0 Å². The average molecular weight is 467 g/mol. The summed E-state index contributed by atoms with van der Waals surface area (Å²) >= 11 is 0. The van der Waals surface area contributed by atoms with Crippen LogP contribution in [0.15, 0.2) is 48.5 Å². The van der Waals surface area contributed by atoms with Crippen molar-refractivity contribution in [1.82, 2.24) is 0 Å². The number of hydrogen-bond donors (Lipinski definition) is 1. The molecule has 0 heterocycles. The average Bonchev–Trinajstić information content (AvgIpc) is 3.19. The van der Waals surface area contributed by atoms with Gasteiger partial charge in [0.25, 0.3) is 0 Å². The van der Waals surface area contributed by atoms with Gasteiger partial charge in [0.15, 0.2) is 11.5 Å². The number of benzene rings is 3. The van der Waals surface area contributed by atoms with Crippen LogP contribution < -0.4 is 28.4 Å². The topological polar surface area (TPSA) is 75.6 Å². The Labute approximate surface area is 199 Å². The summed E-state index contributed by atoms with van der Waals surface area (Å²) in [6, 6.07) is 15.2. The Morgan fingerprint density at radius 2 is 1.15 bits per heavy atom. The minimum absolute atomic E-state index is 0.248. The molecular formula is C27H30O7. The maximum Gasteiger partial charge on any atom is 0.161 e. The van der Waals surface area contributed by atoms with Crippen LogP contribution >= 0.6 is 0 Å². The number of fused-ring (bicyclic) bond motifs is 1. The standard InChI is InChI=1S/C27H30O7/c1-29-17-9-16(10-18(12-17)30-2)25-24(15-7-8-21(32-4)22(11-15)33-5)26-20(27(25)28)13-19(31-3)14-23(26)34-6/h7-14,24-25,27-28H,1-6H3/t24-,25-,27-/m1/s1. The van der Waals surface area contributed by atoms with Crippen molar-refractivity contribution < 1.29 is 33.5 Å². The molecule has 3 atom stereocenters. The molecule has 3 aromatic rings. The van der Waals surface area contributed by atoms with Gasteiger partial charge in [0, 0.05) is 29.5 Å². The molecular weight excluding hydrogens is 436 g/mol. The second kappa shape index (κ2) is 9.73. The van der Waals surface area contributed by atoms with E-state index in [1.165, 1.54) is 0 Å². The number of aliphatic hydroxyl groups is 1. The third-order valence-electron chi connectivity index (χ3n) is 6.46. The quantitative estimate of drug-likeness (QED) is 0.516. The molecule has 0 saturated heterocycles. The van der Waals surface area contributed by atoms with Crippen LogP contribution in [0.25, 0.3) is 0 Å². The highest BCUT2D eigenvalue weighted by Gasteiger charge is 2.44. The number of methoxy groups -OCH3 is 6. The van der Waals surface area contributed by atoms with Gasteiger partial charge in [0.05, 0.1) is 48.8 Å². The van der Waals surface area contributed by atoms with Gasteiger partial charge in [0.1, 0.15) is 23.0 Å². The van der Waals surface area contributed by atoms with Gasteiger partial charge in [-0.1, -0.05) is 6.07 Å². The molecule has 0 bridgehead atoms. The monoisotopic (exact) mass is 466 g/mol. The Hall–Kier alpha value is -3.58. The molecule has 1 N–H and O–H groups in total. The van der Waals surface area contributed by atoms with E-state index in [1.54, 1.807) is 42.7 Å². The minimum Gasteiger partial charge on any atom is -0.497 e. The van der Waals surface area contributed by atoms with E-state index in [-0.39, 0.29) is 11.8 Å². The van der Waals surface area contributed by atoms with Gasteiger partial charge in [-0.2, -0.15) is 0 Å². The summed E-state index contributed by atoms with van der Waals surface area (Å²) in [6.07, 6.45) is -0.825. The maximum absolute atomic E-state index is 11.7. The second-order valence-corrected chi connectivity index (χ2v) is 8.04. The van der Waals surface area contributed by atoms with Crippen molar-refractivity contribution >= 4 is 0 Å². The van der Waals surface area contributed by atoms with E-state index >= 15 is 0 Å². The zero-order valence-corrected chi connectivity index (χ0v) is 20.2. The predicted octanol–water partition coefficient (Wildman–Crippen LogP) is 4.70. The van der Waals surface area contributed by atoms with E-state index in [1.807, 2.05) is 48.5 Å². The van der Waals surface area contributed by atoms with Crippen molar-refractivity contribution in [2.75, 3.05) is 42.7 Å². The third kappa shape index (κ3) is 3.96. The first-order valence-electron chi connectivity index (χ1n) is 10.9. The van der Waals surface area contributed by atoms with E-state index in [0.29, 0.717) is 34.5 Å². The summed E-state index contributed by atoms with van der Waals surface area (Å²) in [6.45, 7) is 0. The maximum atomic E-state index is 11.7. The van der Waals surface area contributed by atoms with Crippen LogP contribution in [0.3, 0.4) is 0 Å². The first kappa shape index (κ1) is 23.6. The van der Waals surface area contributed by atoms with Crippen LogP contribution in [0.5, 0.6) is 34.5 Å². The highest BCUT2D eigenvalue weighted by atomic mass is 16.5. The Balaban J connectivity index is 1.98. The molecule has 0 spiro atoms. The Morgan fingerprint density at radius 3 is 1.71 bits per heavy atom. The zero-order valence-electron chi connectivity index (χ0n) is 20.2. The fourth-order valence-electron chi connectivity index (χ4n) is 4.86. The molecule has 0 aromatic heterocycles. The smallest absolute Gasteiger partial charge is 0.161 e. The molecule has 34 heavy (non-hydrogen) atoms. The molecule has 0 unspecified atom stereocenters. The largest absolute Gasteiger partial charge is 0.497 e. The Bertz CT molecular complexity index is 1150. The van der Waals surface area contributed by atoms with Crippen LogP contribution in [0, 0.1) is 0 Å². The fourth-order valence-corrected chi connectivity index (χ4v) is 4.86. The van der Waals surface area contributed by atoms with Crippen LogP contribution in [0.1, 0.15) is 40.2 Å². The molecule has 0 amide bonds. The van der Waals surface area contributed by atoms with Crippen LogP contribution in [-0.2, 0) is 0 Å². The lowest BCUT2D eigenvalue weighted by atomic mass is 9.80. The van der Waals surface area contributed by atoms with Crippen molar-refractivity contribution in [2.45, 2.75) is 17.9 Å². The first-order valence-corrected chi connectivity index (χ1v) is 10.9. The summed E-state index contributed by atoms with van der Waals surface area (Å²) in [4.78, 5) is 0. The third-order valence-corrected chi connectivity index (χ3v) is 6.46. The SMILES string of the molecule is COc1cc(OC)cc([C@@H]2[C@@H](c3ccc(OC)c(OC)c3)c3c(OC)cc(OC)cc3[C@H]2O)c1. The lowest BCUT2D eigenvalue weighted by Gasteiger charge is -2.26. The van der Waals surface area contributed by atoms with Gasteiger partial charge in [-0.25, -0.2) is 0 Å². The van der Waals surface area contributed by atoms with E-state index in [4.69, 9.17) is 28.4 Å². The molecule has 0 saturated carbocycles. The summed E-state index contributed by atoms with van der Waals surface area (Å²) in [5, 5.41) is 11.7. The van der Waals surface area contributed by atoms with Gasteiger partial charge in [0.2, 0.25) is 0 Å². The van der Waals surface area contributed by atoms with Crippen LogP contribution in [-0.4, -0.2) is 47.8 Å². The second-order valence-electron chi connectivity index (χ2n) is 8.04. The summed E-state index contributed by atoms with van der Waals surface area (Å²) in [5.74, 6) is 3.20. The molecule has 7 heteroatoms. The summed E-state index contributed by atoms with van der Waals surface area (Å²) in [5.41, 5.74) is 3.48. The predicted molar refractivity (Wildman–Crippen MR) is 128 cm³/mol. The molecule has 180 valence electrons. The van der Waals surface area contributed by atoms with E-state index in [2.05, 4.69) is 0 Å². The number of ether oxygens (including phenoxy) is 6. The lowest BCUT2D eigenvalue weighted by molar-refractivity contribution is 0.152. The van der Waals surface area contributed by atoms with Gasteiger partial charge >= 0.3 is 0 Å². The number of rotatable bonds is 8. The van der Waals surface area contributed by atoms with Crippen molar-refractivity contribution in [2.24, 2.45) is 0 Å². The molecule has 1 aliphatic rings. The van der Waals surface area contributed by atoms with E-state index in [9.17, 15) is 5.11 Å². The first-order chi connectivity index (χ1) is 16.5.